The van der Waals surface area contributed by atoms with E-state index in [2.05, 4.69) is 0 Å². The van der Waals surface area contributed by atoms with Gasteiger partial charge in [0.15, 0.2) is 0 Å². The van der Waals surface area contributed by atoms with Crippen molar-refractivity contribution in [2.75, 3.05) is 17.4 Å². The molecule has 0 aliphatic carbocycles. The van der Waals surface area contributed by atoms with E-state index < -0.39 is 15.3 Å². The minimum Gasteiger partial charge on any atom is -0.329 e. The molecule has 5 heteroatoms. The summed E-state index contributed by atoms with van der Waals surface area (Å²) in [4.78, 5) is 0. The third kappa shape index (κ3) is 1.70. The number of nitrogens with two attached hydrogens (primary N) is 1. The van der Waals surface area contributed by atoms with Gasteiger partial charge in [-0.25, -0.2) is 8.42 Å². The maximum atomic E-state index is 12.1. The number of sulfonamides is 1. The van der Waals surface area contributed by atoms with E-state index in [0.29, 0.717) is 13.0 Å². The summed E-state index contributed by atoms with van der Waals surface area (Å²) in [6.45, 7) is 2.65. The lowest BCUT2D eigenvalue weighted by Crippen LogP contribution is -2.33. The van der Waals surface area contributed by atoms with Crippen molar-refractivity contribution in [2.24, 2.45) is 5.73 Å². The minimum atomic E-state index is -3.25. The van der Waals surface area contributed by atoms with Crippen LogP contribution >= 0.6 is 0 Å². The Morgan fingerprint density at radius 3 is 2.69 bits per heavy atom. The highest BCUT2D eigenvalue weighted by molar-refractivity contribution is 7.93. The molecule has 0 spiro atoms. The molecule has 0 aromatic heterocycles. The number of para-hydroxylation sites is 1. The molecule has 0 bridgehead atoms. The van der Waals surface area contributed by atoms with Crippen molar-refractivity contribution in [3.05, 3.63) is 29.8 Å². The van der Waals surface area contributed by atoms with E-state index in [1.165, 1.54) is 4.31 Å². The van der Waals surface area contributed by atoms with Gasteiger partial charge < -0.3 is 5.73 Å². The number of rotatable bonds is 2. The molecule has 4 nitrogen and oxygen atoms in total. The Labute approximate surface area is 96.1 Å². The summed E-state index contributed by atoms with van der Waals surface area (Å²) in [5.41, 5.74) is 7.23. The predicted octanol–water partition coefficient (Wildman–Crippen LogP) is 0.862. The second-order valence-electron chi connectivity index (χ2n) is 4.05. The van der Waals surface area contributed by atoms with Crippen LogP contribution in [0.5, 0.6) is 0 Å². The van der Waals surface area contributed by atoms with Gasteiger partial charge in [0.1, 0.15) is 0 Å². The Hall–Kier alpha value is -1.07. The molecule has 1 aromatic carbocycles. The molecule has 1 fully saturated rings. The minimum absolute atomic E-state index is 0.199. The first-order chi connectivity index (χ1) is 7.57. The molecule has 1 unspecified atom stereocenters. The van der Waals surface area contributed by atoms with Crippen LogP contribution in [0, 0.1) is 6.92 Å². The fourth-order valence-electron chi connectivity index (χ4n) is 2.06. The summed E-state index contributed by atoms with van der Waals surface area (Å²) in [5.74, 6) is 0. The van der Waals surface area contributed by atoms with Gasteiger partial charge in [-0.2, -0.15) is 0 Å². The predicted molar refractivity (Wildman–Crippen MR) is 64.9 cm³/mol. The van der Waals surface area contributed by atoms with E-state index in [0.717, 1.165) is 11.3 Å². The fourth-order valence-corrected chi connectivity index (χ4v) is 3.90. The summed E-state index contributed by atoms with van der Waals surface area (Å²) in [6.07, 6.45) is 0.618. The highest BCUT2D eigenvalue weighted by atomic mass is 32.2. The molecule has 88 valence electrons. The van der Waals surface area contributed by atoms with Crippen molar-refractivity contribution in [3.63, 3.8) is 0 Å². The second-order valence-corrected chi connectivity index (χ2v) is 6.19. The summed E-state index contributed by atoms with van der Waals surface area (Å²) < 4.78 is 25.7. The molecule has 2 N–H and O–H groups in total. The molecule has 1 atom stereocenters. The Morgan fingerprint density at radius 1 is 1.44 bits per heavy atom. The molecule has 1 heterocycles. The lowest BCUT2D eigenvalue weighted by molar-refractivity contribution is 0.588. The highest BCUT2D eigenvalue weighted by Gasteiger charge is 2.38. The Balaban J connectivity index is 2.42. The number of hydrogen-bond donors (Lipinski definition) is 1. The van der Waals surface area contributed by atoms with Crippen LogP contribution in [0.15, 0.2) is 24.3 Å². The third-order valence-corrected chi connectivity index (χ3v) is 5.29. The average molecular weight is 240 g/mol. The van der Waals surface area contributed by atoms with Crippen molar-refractivity contribution >= 4 is 15.7 Å². The number of benzene rings is 1. The van der Waals surface area contributed by atoms with Crippen LogP contribution in [0.1, 0.15) is 12.0 Å². The standard InChI is InChI=1S/C11H16N2O2S/c1-9-4-2-3-5-11(9)13-7-6-10(8-12)16(13,14)15/h2-5,10H,6-8,12H2,1H3. The molecular formula is C11H16N2O2S. The van der Waals surface area contributed by atoms with Crippen LogP contribution in [-0.4, -0.2) is 26.8 Å². The van der Waals surface area contributed by atoms with Gasteiger partial charge in [-0.15, -0.1) is 0 Å². The molecular weight excluding hydrogens is 224 g/mol. The van der Waals surface area contributed by atoms with Gasteiger partial charge in [-0.3, -0.25) is 4.31 Å². The maximum absolute atomic E-state index is 12.1. The molecule has 0 radical (unpaired) electrons. The molecule has 0 saturated carbocycles. The Bertz CT molecular complexity index is 485. The molecule has 1 saturated heterocycles. The molecule has 0 amide bonds. The number of aryl methyl sites for hydroxylation is 1. The van der Waals surface area contributed by atoms with Crippen LogP contribution in [0.2, 0.25) is 0 Å². The van der Waals surface area contributed by atoms with E-state index >= 15 is 0 Å². The van der Waals surface area contributed by atoms with Crippen LogP contribution in [0.25, 0.3) is 0 Å². The van der Waals surface area contributed by atoms with Crippen molar-refractivity contribution in [1.82, 2.24) is 0 Å². The zero-order chi connectivity index (χ0) is 11.8. The van der Waals surface area contributed by atoms with Crippen molar-refractivity contribution in [2.45, 2.75) is 18.6 Å². The Kier molecular flexibility index (Phi) is 2.90. The van der Waals surface area contributed by atoms with Crippen LogP contribution in [0.3, 0.4) is 0 Å². The van der Waals surface area contributed by atoms with Crippen LogP contribution < -0.4 is 10.0 Å². The first-order valence-corrected chi connectivity index (χ1v) is 6.85. The lowest BCUT2D eigenvalue weighted by atomic mass is 10.2. The highest BCUT2D eigenvalue weighted by Crippen LogP contribution is 2.30. The first-order valence-electron chi connectivity index (χ1n) is 5.34. The average Bonchev–Trinajstić information content (AvgIpc) is 2.54. The van der Waals surface area contributed by atoms with E-state index in [4.69, 9.17) is 5.73 Å². The largest absolute Gasteiger partial charge is 0.329 e. The number of hydrogen-bond acceptors (Lipinski definition) is 3. The topological polar surface area (TPSA) is 63.4 Å². The quantitative estimate of drug-likeness (QED) is 0.834. The maximum Gasteiger partial charge on any atom is 0.239 e. The van der Waals surface area contributed by atoms with Gasteiger partial charge in [0, 0.05) is 13.1 Å². The van der Waals surface area contributed by atoms with Gasteiger partial charge in [0.05, 0.1) is 10.9 Å². The molecule has 2 rings (SSSR count). The Morgan fingerprint density at radius 2 is 2.12 bits per heavy atom. The zero-order valence-electron chi connectivity index (χ0n) is 9.26. The monoisotopic (exact) mass is 240 g/mol. The number of anilines is 1. The SMILES string of the molecule is Cc1ccccc1N1CCC(CN)S1(=O)=O. The van der Waals surface area contributed by atoms with E-state index in [9.17, 15) is 8.42 Å². The fraction of sp³-hybridized carbons (Fsp3) is 0.455. The smallest absolute Gasteiger partial charge is 0.239 e. The van der Waals surface area contributed by atoms with Gasteiger partial charge >= 0.3 is 0 Å². The van der Waals surface area contributed by atoms with Crippen LogP contribution in [0.4, 0.5) is 5.69 Å². The number of nitrogens with zero attached hydrogens (tertiary/aromatic N) is 1. The van der Waals surface area contributed by atoms with E-state index in [-0.39, 0.29) is 6.54 Å². The van der Waals surface area contributed by atoms with E-state index in [1.807, 2.05) is 31.2 Å². The van der Waals surface area contributed by atoms with Gasteiger partial charge in [-0.05, 0) is 25.0 Å². The van der Waals surface area contributed by atoms with Gasteiger partial charge in [0.2, 0.25) is 10.0 Å². The summed E-state index contributed by atoms with van der Waals surface area (Å²) in [7, 11) is -3.25. The second kappa shape index (κ2) is 4.07. The van der Waals surface area contributed by atoms with Crippen molar-refractivity contribution in [3.8, 4) is 0 Å². The molecule has 1 aliphatic heterocycles. The third-order valence-electron chi connectivity index (χ3n) is 3.03. The van der Waals surface area contributed by atoms with Crippen molar-refractivity contribution < 1.29 is 8.42 Å². The molecule has 1 aliphatic rings. The van der Waals surface area contributed by atoms with Gasteiger partial charge in [0.25, 0.3) is 0 Å². The van der Waals surface area contributed by atoms with Crippen molar-refractivity contribution in [1.29, 1.82) is 0 Å². The first kappa shape index (κ1) is 11.4. The van der Waals surface area contributed by atoms with Crippen LogP contribution in [-0.2, 0) is 10.0 Å². The summed E-state index contributed by atoms with van der Waals surface area (Å²) >= 11 is 0. The molecule has 16 heavy (non-hydrogen) atoms. The summed E-state index contributed by atoms with van der Waals surface area (Å²) in [5, 5.41) is -0.424. The lowest BCUT2D eigenvalue weighted by Gasteiger charge is -2.20. The normalized spacial score (nSPS) is 23.6. The van der Waals surface area contributed by atoms with Gasteiger partial charge in [-0.1, -0.05) is 18.2 Å². The molecule has 1 aromatic rings. The van der Waals surface area contributed by atoms with E-state index in [1.54, 1.807) is 0 Å². The summed E-state index contributed by atoms with van der Waals surface area (Å²) in [6, 6.07) is 7.52. The zero-order valence-corrected chi connectivity index (χ0v) is 10.1.